The van der Waals surface area contributed by atoms with Crippen molar-refractivity contribution in [2.24, 2.45) is 19.8 Å². The molecule has 0 aliphatic heterocycles. The van der Waals surface area contributed by atoms with Crippen molar-refractivity contribution in [2.75, 3.05) is 0 Å². The lowest BCUT2D eigenvalue weighted by molar-refractivity contribution is 0.619. The summed E-state index contributed by atoms with van der Waals surface area (Å²) in [4.78, 5) is 27.6. The van der Waals surface area contributed by atoms with E-state index in [9.17, 15) is 9.59 Å². The topological polar surface area (TPSA) is 87.8 Å². The highest BCUT2D eigenvalue weighted by Gasteiger charge is 2.13. The largest absolute Gasteiger partial charge is 0.333 e. The van der Waals surface area contributed by atoms with Crippen molar-refractivity contribution in [1.29, 1.82) is 0 Å². The van der Waals surface area contributed by atoms with Crippen LogP contribution >= 0.6 is 0 Å². The number of aromatic nitrogens is 4. The Hall–Kier alpha value is -1.89. The molecule has 7 heteroatoms. The summed E-state index contributed by atoms with van der Waals surface area (Å²) in [6, 6.07) is 0. The minimum atomic E-state index is -1.48. The summed E-state index contributed by atoms with van der Waals surface area (Å²) in [5.74, 6) is 0. The fourth-order valence-corrected chi connectivity index (χ4v) is 1.43. The van der Waals surface area contributed by atoms with Crippen LogP contribution in [0.25, 0.3) is 11.2 Å². The van der Waals surface area contributed by atoms with Crippen molar-refractivity contribution in [3.63, 3.8) is 0 Å². The summed E-state index contributed by atoms with van der Waals surface area (Å²) in [5.41, 5.74) is 4.04. The van der Waals surface area contributed by atoms with Gasteiger partial charge < -0.3 is 10.3 Å². The van der Waals surface area contributed by atoms with Gasteiger partial charge in [-0.3, -0.25) is 9.36 Å². The predicted molar refractivity (Wildman–Crippen MR) is 54.4 cm³/mol. The molecule has 0 bridgehead atoms. The first-order chi connectivity index (χ1) is 7.86. The number of hydrogen-bond donors (Lipinski definition) is 1. The molecule has 1 atom stereocenters. The molecule has 7 nitrogen and oxygen atoms in total. The third-order valence-corrected chi connectivity index (χ3v) is 2.23. The number of aryl methyl sites for hydroxylation is 2. The van der Waals surface area contributed by atoms with Crippen LogP contribution < -0.4 is 17.0 Å². The molecule has 0 spiro atoms. The molecular formula is C8H11N5O2. The number of hydrogen-bond acceptors (Lipinski definition) is 4. The summed E-state index contributed by atoms with van der Waals surface area (Å²) >= 11 is 0. The van der Waals surface area contributed by atoms with Gasteiger partial charge in [0.2, 0.25) is 0 Å². The van der Waals surface area contributed by atoms with Crippen LogP contribution in [0.1, 0.15) is 2.74 Å². The molecule has 15 heavy (non-hydrogen) atoms. The van der Waals surface area contributed by atoms with Crippen molar-refractivity contribution in [2.45, 2.75) is 6.64 Å². The number of nitrogens with two attached hydrogens (primary N) is 1. The molecule has 0 radical (unpaired) electrons. The first kappa shape index (κ1) is 7.41. The molecule has 0 amide bonds. The molecule has 2 aromatic heterocycles. The molecule has 2 rings (SSSR count). The molecule has 2 heterocycles. The van der Waals surface area contributed by atoms with Crippen LogP contribution in [0.15, 0.2) is 15.9 Å². The van der Waals surface area contributed by atoms with E-state index in [4.69, 9.17) is 8.48 Å². The molecule has 80 valence electrons. The van der Waals surface area contributed by atoms with E-state index in [-0.39, 0.29) is 17.5 Å². The van der Waals surface area contributed by atoms with E-state index in [0.29, 0.717) is 4.57 Å². The van der Waals surface area contributed by atoms with Crippen molar-refractivity contribution in [3.05, 3.63) is 27.1 Å². The van der Waals surface area contributed by atoms with E-state index < -0.39 is 17.9 Å². The maximum Gasteiger partial charge on any atom is 0.333 e. The second-order valence-corrected chi connectivity index (χ2v) is 3.11. The van der Waals surface area contributed by atoms with E-state index in [1.807, 2.05) is 0 Å². The number of nitrogens with zero attached hydrogens (tertiary/aromatic N) is 4. The van der Waals surface area contributed by atoms with Crippen LogP contribution in [0.2, 0.25) is 0 Å². The zero-order valence-corrected chi connectivity index (χ0v) is 8.26. The zero-order chi connectivity index (χ0) is 12.9. The maximum atomic E-state index is 12.0. The summed E-state index contributed by atoms with van der Waals surface area (Å²) in [5, 5.41) is 0. The van der Waals surface area contributed by atoms with Gasteiger partial charge in [-0.25, -0.2) is 14.3 Å². The molecule has 2 N–H and O–H groups in total. The van der Waals surface area contributed by atoms with Gasteiger partial charge >= 0.3 is 5.69 Å². The molecule has 0 fully saturated rings. The maximum absolute atomic E-state index is 12.0. The second kappa shape index (κ2) is 3.06. The number of imidazole rings is 1. The van der Waals surface area contributed by atoms with E-state index in [1.165, 1.54) is 18.7 Å². The van der Waals surface area contributed by atoms with E-state index in [1.54, 1.807) is 0 Å². The van der Waals surface area contributed by atoms with Gasteiger partial charge in [-0.05, 0) is 0 Å². The highest BCUT2D eigenvalue weighted by atomic mass is 16.2. The summed E-state index contributed by atoms with van der Waals surface area (Å²) in [6.07, 6.45) is -0.136. The molecular weight excluding hydrogens is 198 g/mol. The molecule has 0 aromatic carbocycles. The van der Waals surface area contributed by atoms with Gasteiger partial charge in [-0.1, -0.05) is 0 Å². The minimum Gasteiger partial charge on any atom is -0.328 e. The van der Waals surface area contributed by atoms with Gasteiger partial charge in [0, 0.05) is 14.1 Å². The molecule has 0 saturated heterocycles. The van der Waals surface area contributed by atoms with Gasteiger partial charge in [-0.2, -0.15) is 0 Å². The zero-order valence-electron chi connectivity index (χ0n) is 10.3. The average molecular weight is 211 g/mol. The van der Waals surface area contributed by atoms with Crippen molar-refractivity contribution in [3.8, 4) is 0 Å². The van der Waals surface area contributed by atoms with Crippen LogP contribution in [0, 0.1) is 0 Å². The first-order valence-corrected chi connectivity index (χ1v) is 4.18. The Balaban J connectivity index is 3.13. The van der Waals surface area contributed by atoms with E-state index in [2.05, 4.69) is 4.98 Å². The Bertz CT molecular complexity index is 711. The van der Waals surface area contributed by atoms with Crippen LogP contribution in [-0.2, 0) is 20.7 Å². The fraction of sp³-hybridized carbons (Fsp3) is 0.375. The van der Waals surface area contributed by atoms with Crippen LogP contribution in [0.3, 0.4) is 0 Å². The van der Waals surface area contributed by atoms with Crippen LogP contribution in [0.5, 0.6) is 0 Å². The highest BCUT2D eigenvalue weighted by Crippen LogP contribution is 2.02. The van der Waals surface area contributed by atoms with Crippen LogP contribution in [0.4, 0.5) is 0 Å². The smallest absolute Gasteiger partial charge is 0.328 e. The molecule has 1 unspecified atom stereocenters. The second-order valence-electron chi connectivity index (χ2n) is 3.11. The third-order valence-electron chi connectivity index (χ3n) is 2.23. The van der Waals surface area contributed by atoms with Crippen molar-refractivity contribution in [1.82, 2.24) is 18.7 Å². The minimum absolute atomic E-state index is 0.0831. The van der Waals surface area contributed by atoms with Gasteiger partial charge in [0.1, 0.15) is 1.37 Å². The fourth-order valence-electron chi connectivity index (χ4n) is 1.43. The number of rotatable bonds is 1. The average Bonchev–Trinajstić information content (AvgIpc) is 2.52. The summed E-state index contributed by atoms with van der Waals surface area (Å²) in [6.45, 7) is -1.48. The quantitative estimate of drug-likeness (QED) is 0.612. The standard InChI is InChI=1S/C8H11N5O2/c1-11-4-10-6-5(11)7(14)13(3-9)8(15)12(6)2/h4H,3,9H2,1-2H3/i3D,4D. The predicted octanol–water partition coefficient (Wildman–Crippen LogP) is -1.65. The van der Waals surface area contributed by atoms with Gasteiger partial charge in [0.15, 0.2) is 11.2 Å². The monoisotopic (exact) mass is 211 g/mol. The first-order valence-electron chi connectivity index (χ1n) is 5.26. The lowest BCUT2D eigenvalue weighted by atomic mass is 10.5. The van der Waals surface area contributed by atoms with Crippen molar-refractivity contribution >= 4 is 11.2 Å². The van der Waals surface area contributed by atoms with Gasteiger partial charge in [-0.15, -0.1) is 0 Å². The Morgan fingerprint density at radius 3 is 2.87 bits per heavy atom. The summed E-state index contributed by atoms with van der Waals surface area (Å²) in [7, 11) is 2.90. The van der Waals surface area contributed by atoms with E-state index >= 15 is 0 Å². The lowest BCUT2D eigenvalue weighted by Crippen LogP contribution is -2.41. The molecule has 0 aliphatic carbocycles. The SMILES string of the molecule is [2H]c1nc2c(c(=O)n(C([2H])N)c(=O)n2C)n1C. The van der Waals surface area contributed by atoms with Gasteiger partial charge in [0.25, 0.3) is 5.56 Å². The Labute approximate surface area is 87.2 Å². The Kier molecular flexibility index (Phi) is 1.51. The lowest BCUT2D eigenvalue weighted by Gasteiger charge is -2.05. The van der Waals surface area contributed by atoms with E-state index in [0.717, 1.165) is 4.57 Å². The Morgan fingerprint density at radius 1 is 1.60 bits per heavy atom. The summed E-state index contributed by atoms with van der Waals surface area (Å²) < 4.78 is 17.8. The highest BCUT2D eigenvalue weighted by molar-refractivity contribution is 5.69. The van der Waals surface area contributed by atoms with Gasteiger partial charge in [0.05, 0.1) is 14.3 Å². The Morgan fingerprint density at radius 2 is 2.27 bits per heavy atom. The van der Waals surface area contributed by atoms with Crippen molar-refractivity contribution < 1.29 is 2.74 Å². The normalized spacial score (nSPS) is 15.1. The molecule has 2 aromatic rings. The van der Waals surface area contributed by atoms with Crippen LogP contribution in [-0.4, -0.2) is 18.7 Å². The third kappa shape index (κ3) is 1.13. The molecule has 0 saturated carbocycles. The molecule has 0 aliphatic rings. The number of fused-ring (bicyclic) bond motifs is 1.